The van der Waals surface area contributed by atoms with Gasteiger partial charge in [0.2, 0.25) is 5.91 Å². The molecular formula is C23H28N2O3S. The van der Waals surface area contributed by atoms with Gasteiger partial charge in [-0.25, -0.2) is 4.98 Å². The lowest BCUT2D eigenvalue weighted by Crippen LogP contribution is -2.52. The summed E-state index contributed by atoms with van der Waals surface area (Å²) in [5.41, 5.74) is -0.522. The van der Waals surface area contributed by atoms with Crippen molar-refractivity contribution in [3.63, 3.8) is 0 Å². The lowest BCUT2D eigenvalue weighted by molar-refractivity contribution is -0.142. The molecule has 29 heavy (non-hydrogen) atoms. The Morgan fingerprint density at radius 1 is 1.10 bits per heavy atom. The molecule has 5 nitrogen and oxygen atoms in total. The predicted octanol–water partition coefficient (Wildman–Crippen LogP) is 3.62. The van der Waals surface area contributed by atoms with Crippen LogP contribution in [0.5, 0.6) is 0 Å². The van der Waals surface area contributed by atoms with Gasteiger partial charge in [0.1, 0.15) is 10.6 Å². The van der Waals surface area contributed by atoms with Crippen LogP contribution in [0.3, 0.4) is 0 Å². The SMILES string of the molecule is O=C(N1CCC2(CC1)C[C@](O)(c1nccs1)CO2)C1(c2ccccc2)CCCC1. The molecule has 1 spiro atoms. The molecule has 3 heterocycles. The van der Waals surface area contributed by atoms with Crippen LogP contribution in [0.15, 0.2) is 41.9 Å². The van der Waals surface area contributed by atoms with Gasteiger partial charge < -0.3 is 14.7 Å². The summed E-state index contributed by atoms with van der Waals surface area (Å²) in [6.07, 6.45) is 7.96. The van der Waals surface area contributed by atoms with E-state index in [1.807, 2.05) is 28.5 Å². The van der Waals surface area contributed by atoms with Crippen LogP contribution in [0, 0.1) is 0 Å². The van der Waals surface area contributed by atoms with Gasteiger partial charge in [0.15, 0.2) is 0 Å². The van der Waals surface area contributed by atoms with Gasteiger partial charge in [0.05, 0.1) is 17.6 Å². The molecule has 2 saturated heterocycles. The Bertz CT molecular complexity index is 856. The van der Waals surface area contributed by atoms with Crippen LogP contribution in [0.1, 0.15) is 55.5 Å². The smallest absolute Gasteiger partial charge is 0.233 e. The number of carbonyl (C=O) groups excluding carboxylic acids is 1. The van der Waals surface area contributed by atoms with Crippen LogP contribution in [0.25, 0.3) is 0 Å². The first-order valence-electron chi connectivity index (χ1n) is 10.7. The molecule has 1 aromatic heterocycles. The number of piperidine rings is 1. The summed E-state index contributed by atoms with van der Waals surface area (Å²) in [4.78, 5) is 20.0. The first-order chi connectivity index (χ1) is 14.1. The van der Waals surface area contributed by atoms with Gasteiger partial charge in [-0.3, -0.25) is 4.79 Å². The fourth-order valence-electron chi connectivity index (χ4n) is 5.60. The maximum Gasteiger partial charge on any atom is 0.233 e. The van der Waals surface area contributed by atoms with Gasteiger partial charge in [-0.05, 0) is 31.2 Å². The minimum absolute atomic E-state index is 0.282. The minimum atomic E-state index is -0.989. The van der Waals surface area contributed by atoms with Gasteiger partial charge in [-0.2, -0.15) is 0 Å². The van der Waals surface area contributed by atoms with Crippen molar-refractivity contribution in [2.75, 3.05) is 19.7 Å². The number of benzene rings is 1. The minimum Gasteiger partial charge on any atom is -0.380 e. The maximum atomic E-state index is 13.7. The molecule has 3 aliphatic rings. The fraction of sp³-hybridized carbons (Fsp3) is 0.565. The number of likely N-dealkylation sites (tertiary alicyclic amines) is 1. The number of carbonyl (C=O) groups is 1. The highest BCUT2D eigenvalue weighted by Crippen LogP contribution is 2.47. The van der Waals surface area contributed by atoms with Crippen LogP contribution in [-0.4, -0.2) is 46.2 Å². The van der Waals surface area contributed by atoms with E-state index < -0.39 is 5.60 Å². The fourth-order valence-corrected chi connectivity index (χ4v) is 6.32. The van der Waals surface area contributed by atoms with E-state index in [2.05, 4.69) is 17.1 Å². The zero-order valence-electron chi connectivity index (χ0n) is 16.7. The van der Waals surface area contributed by atoms with E-state index >= 15 is 0 Å². The standard InChI is InChI=1S/C23H28N2O3S/c26-20(22(8-4-5-9-22)18-6-2-1-3-7-18)25-13-10-21(11-14-25)16-23(27,17-28-21)19-24-12-15-29-19/h1-3,6-7,12,15,27H,4-5,8-11,13-14,16-17H2/t23-/m1/s1. The molecule has 0 bridgehead atoms. The number of amides is 1. The second-order valence-corrected chi connectivity index (χ2v) is 9.86. The molecule has 1 saturated carbocycles. The number of hydrogen-bond donors (Lipinski definition) is 1. The van der Waals surface area contributed by atoms with Gasteiger partial charge in [-0.1, -0.05) is 43.2 Å². The summed E-state index contributed by atoms with van der Waals surface area (Å²) in [7, 11) is 0. The second-order valence-electron chi connectivity index (χ2n) is 8.96. The van der Waals surface area contributed by atoms with Crippen LogP contribution >= 0.6 is 11.3 Å². The van der Waals surface area contributed by atoms with Crippen molar-refractivity contribution in [1.82, 2.24) is 9.88 Å². The van der Waals surface area contributed by atoms with E-state index in [1.54, 1.807) is 6.20 Å². The summed E-state index contributed by atoms with van der Waals surface area (Å²) in [5.74, 6) is 0.282. The molecule has 1 aliphatic carbocycles. The van der Waals surface area contributed by atoms with Crippen LogP contribution in [0.2, 0.25) is 0 Å². The first kappa shape index (κ1) is 19.2. The number of hydrogen-bond acceptors (Lipinski definition) is 5. The molecule has 5 rings (SSSR count). The van der Waals surface area contributed by atoms with Crippen LogP contribution in [0.4, 0.5) is 0 Å². The quantitative estimate of drug-likeness (QED) is 0.836. The molecule has 1 amide bonds. The third-order valence-electron chi connectivity index (χ3n) is 7.22. The number of aliphatic hydroxyl groups is 1. The van der Waals surface area contributed by atoms with Gasteiger partial charge >= 0.3 is 0 Å². The molecular weight excluding hydrogens is 384 g/mol. The van der Waals surface area contributed by atoms with E-state index in [9.17, 15) is 9.90 Å². The van der Waals surface area contributed by atoms with Crippen molar-refractivity contribution < 1.29 is 14.6 Å². The lowest BCUT2D eigenvalue weighted by Gasteiger charge is -2.42. The molecule has 1 atom stereocenters. The topological polar surface area (TPSA) is 62.7 Å². The van der Waals surface area contributed by atoms with Gasteiger partial charge in [-0.15, -0.1) is 11.3 Å². The van der Waals surface area contributed by atoms with Gasteiger partial charge in [0, 0.05) is 31.1 Å². The van der Waals surface area contributed by atoms with Crippen molar-refractivity contribution in [3.8, 4) is 0 Å². The Morgan fingerprint density at radius 2 is 1.83 bits per heavy atom. The summed E-state index contributed by atoms with van der Waals surface area (Å²) < 4.78 is 6.16. The van der Waals surface area contributed by atoms with E-state index in [0.717, 1.165) is 49.1 Å². The Balaban J connectivity index is 1.30. The van der Waals surface area contributed by atoms with Crippen molar-refractivity contribution >= 4 is 17.2 Å². The summed E-state index contributed by atoms with van der Waals surface area (Å²) in [6, 6.07) is 10.3. The average Bonchev–Trinajstić information content (AvgIpc) is 3.51. The van der Waals surface area contributed by atoms with Crippen molar-refractivity contribution in [2.45, 2.75) is 61.6 Å². The largest absolute Gasteiger partial charge is 0.380 e. The van der Waals surface area contributed by atoms with E-state index in [0.29, 0.717) is 26.1 Å². The number of nitrogens with zero attached hydrogens (tertiary/aromatic N) is 2. The van der Waals surface area contributed by atoms with E-state index in [4.69, 9.17) is 4.74 Å². The highest BCUT2D eigenvalue weighted by molar-refractivity contribution is 7.09. The zero-order chi connectivity index (χ0) is 20.0. The molecule has 2 aromatic rings. The monoisotopic (exact) mass is 412 g/mol. The van der Waals surface area contributed by atoms with E-state index in [1.165, 1.54) is 11.3 Å². The van der Waals surface area contributed by atoms with Crippen molar-refractivity contribution in [1.29, 1.82) is 0 Å². The molecule has 0 radical (unpaired) electrons. The zero-order valence-corrected chi connectivity index (χ0v) is 17.5. The lowest BCUT2D eigenvalue weighted by atomic mass is 9.76. The molecule has 1 N–H and O–H groups in total. The number of rotatable bonds is 3. The number of aromatic nitrogens is 1. The maximum absolute atomic E-state index is 13.7. The predicted molar refractivity (Wildman–Crippen MR) is 112 cm³/mol. The Morgan fingerprint density at radius 3 is 2.48 bits per heavy atom. The molecule has 1 aromatic carbocycles. The molecule has 0 unspecified atom stereocenters. The highest BCUT2D eigenvalue weighted by Gasteiger charge is 2.53. The van der Waals surface area contributed by atoms with Crippen LogP contribution in [-0.2, 0) is 20.5 Å². The summed E-state index contributed by atoms with van der Waals surface area (Å²) in [5, 5.41) is 13.7. The second kappa shape index (κ2) is 7.18. The third kappa shape index (κ3) is 3.22. The summed E-state index contributed by atoms with van der Waals surface area (Å²) in [6.45, 7) is 1.69. The van der Waals surface area contributed by atoms with Gasteiger partial charge in [0.25, 0.3) is 0 Å². The third-order valence-corrected chi connectivity index (χ3v) is 8.18. The van der Waals surface area contributed by atoms with Crippen molar-refractivity contribution in [3.05, 3.63) is 52.5 Å². The molecule has 154 valence electrons. The number of thiazole rings is 1. The Labute approximate surface area is 175 Å². The van der Waals surface area contributed by atoms with Crippen LogP contribution < -0.4 is 0 Å². The molecule has 6 heteroatoms. The molecule has 2 aliphatic heterocycles. The normalized spacial score (nSPS) is 28.1. The van der Waals surface area contributed by atoms with E-state index in [-0.39, 0.29) is 16.9 Å². The molecule has 3 fully saturated rings. The number of ether oxygens (including phenoxy) is 1. The Hall–Kier alpha value is -1.76. The Kier molecular flexibility index (Phi) is 4.76. The van der Waals surface area contributed by atoms with Crippen molar-refractivity contribution in [2.24, 2.45) is 0 Å². The first-order valence-corrected chi connectivity index (χ1v) is 11.5. The highest BCUT2D eigenvalue weighted by atomic mass is 32.1. The summed E-state index contributed by atoms with van der Waals surface area (Å²) >= 11 is 1.48. The average molecular weight is 413 g/mol.